The van der Waals surface area contributed by atoms with Crippen molar-refractivity contribution in [2.24, 2.45) is 10.9 Å². The molecule has 2 aliphatic rings. The van der Waals surface area contributed by atoms with Crippen LogP contribution in [0.1, 0.15) is 57.6 Å². The molecule has 1 unspecified atom stereocenters. The molecule has 2 aliphatic heterocycles. The number of guanidine groups is 1. The topological polar surface area (TPSA) is 58.1 Å². The minimum absolute atomic E-state index is 0. The van der Waals surface area contributed by atoms with E-state index in [1.165, 1.54) is 5.56 Å². The van der Waals surface area contributed by atoms with Crippen LogP contribution in [0.3, 0.4) is 0 Å². The van der Waals surface area contributed by atoms with Crippen LogP contribution in [0, 0.1) is 5.92 Å². The van der Waals surface area contributed by atoms with Crippen molar-refractivity contribution >= 4 is 29.9 Å². The number of hydrogen-bond acceptors (Lipinski definition) is 4. The van der Waals surface area contributed by atoms with Crippen LogP contribution in [0.15, 0.2) is 35.3 Å². The van der Waals surface area contributed by atoms with E-state index in [4.69, 9.17) is 14.5 Å². The second kappa shape index (κ2) is 15.9. The van der Waals surface area contributed by atoms with Gasteiger partial charge in [0, 0.05) is 64.7 Å². The Labute approximate surface area is 211 Å². The van der Waals surface area contributed by atoms with Crippen molar-refractivity contribution in [3.05, 3.63) is 35.9 Å². The fraction of sp³-hybridized carbons (Fsp3) is 0.720. The smallest absolute Gasteiger partial charge is 0.191 e. The first kappa shape index (κ1) is 27.3. The van der Waals surface area contributed by atoms with Crippen molar-refractivity contribution in [2.45, 2.75) is 58.0 Å². The lowest BCUT2D eigenvalue weighted by Crippen LogP contribution is -2.49. The first-order valence-electron chi connectivity index (χ1n) is 12.3. The van der Waals surface area contributed by atoms with Crippen LogP contribution in [-0.4, -0.2) is 69.5 Å². The molecule has 7 heteroatoms. The molecular formula is C25H43IN4O2. The first-order chi connectivity index (χ1) is 15.3. The number of hydrogen-bond donors (Lipinski definition) is 2. The summed E-state index contributed by atoms with van der Waals surface area (Å²) in [5, 5.41) is 7.06. The SMILES string of the molecule is CCNC(=NCCCOCC1CCOCC1)NC1CCN(C(C)c2ccccc2)CC1.I. The fourth-order valence-corrected chi connectivity index (χ4v) is 4.41. The maximum atomic E-state index is 5.86. The van der Waals surface area contributed by atoms with Gasteiger partial charge in [-0.1, -0.05) is 30.3 Å². The molecule has 2 saturated heterocycles. The van der Waals surface area contributed by atoms with Gasteiger partial charge in [-0.25, -0.2) is 0 Å². The Bertz CT molecular complexity index is 632. The molecule has 2 N–H and O–H groups in total. The Balaban J connectivity index is 0.00000363. The van der Waals surface area contributed by atoms with Gasteiger partial charge < -0.3 is 20.1 Å². The summed E-state index contributed by atoms with van der Waals surface area (Å²) >= 11 is 0. The lowest BCUT2D eigenvalue weighted by atomic mass is 10.0. The molecule has 6 nitrogen and oxygen atoms in total. The molecule has 0 bridgehead atoms. The minimum atomic E-state index is 0. The highest BCUT2D eigenvalue weighted by Crippen LogP contribution is 2.24. The number of aliphatic imine (C=N–C) groups is 1. The third kappa shape index (κ3) is 9.53. The molecule has 0 aliphatic carbocycles. The normalized spacial score (nSPS) is 19.9. The van der Waals surface area contributed by atoms with E-state index in [0.717, 1.165) is 90.7 Å². The highest BCUT2D eigenvalue weighted by atomic mass is 127. The van der Waals surface area contributed by atoms with Crippen LogP contribution in [0.2, 0.25) is 0 Å². The van der Waals surface area contributed by atoms with Gasteiger partial charge in [0.1, 0.15) is 0 Å². The van der Waals surface area contributed by atoms with Crippen molar-refractivity contribution in [2.75, 3.05) is 52.6 Å². The van der Waals surface area contributed by atoms with Crippen molar-refractivity contribution in [3.8, 4) is 0 Å². The molecule has 2 heterocycles. The molecular weight excluding hydrogens is 515 g/mol. The summed E-state index contributed by atoms with van der Waals surface area (Å²) in [6.45, 7) is 11.8. The number of benzene rings is 1. The Morgan fingerprint density at radius 1 is 1.16 bits per heavy atom. The number of ether oxygens (including phenoxy) is 2. The maximum absolute atomic E-state index is 5.86. The third-order valence-corrected chi connectivity index (χ3v) is 6.46. The third-order valence-electron chi connectivity index (χ3n) is 6.46. The van der Waals surface area contributed by atoms with Gasteiger partial charge in [0.2, 0.25) is 0 Å². The maximum Gasteiger partial charge on any atom is 0.191 e. The fourth-order valence-electron chi connectivity index (χ4n) is 4.41. The molecule has 0 spiro atoms. The zero-order chi connectivity index (χ0) is 21.7. The van der Waals surface area contributed by atoms with Crippen LogP contribution in [0.4, 0.5) is 0 Å². The van der Waals surface area contributed by atoms with Crippen LogP contribution >= 0.6 is 24.0 Å². The molecule has 0 aromatic heterocycles. The molecule has 3 rings (SSSR count). The van der Waals surface area contributed by atoms with Gasteiger partial charge in [0.25, 0.3) is 0 Å². The van der Waals surface area contributed by atoms with Crippen molar-refractivity contribution in [1.29, 1.82) is 0 Å². The van der Waals surface area contributed by atoms with E-state index in [2.05, 4.69) is 59.7 Å². The van der Waals surface area contributed by atoms with Crippen LogP contribution in [0.25, 0.3) is 0 Å². The Kier molecular flexibility index (Phi) is 13.5. The largest absolute Gasteiger partial charge is 0.381 e. The summed E-state index contributed by atoms with van der Waals surface area (Å²) < 4.78 is 11.3. The average Bonchev–Trinajstić information content (AvgIpc) is 2.82. The lowest BCUT2D eigenvalue weighted by molar-refractivity contribution is 0.0205. The zero-order valence-corrected chi connectivity index (χ0v) is 22.3. The molecule has 32 heavy (non-hydrogen) atoms. The van der Waals surface area contributed by atoms with E-state index in [1.54, 1.807) is 0 Å². The van der Waals surface area contributed by atoms with Crippen molar-refractivity contribution in [1.82, 2.24) is 15.5 Å². The van der Waals surface area contributed by atoms with Crippen LogP contribution in [-0.2, 0) is 9.47 Å². The first-order valence-corrected chi connectivity index (χ1v) is 12.3. The molecule has 0 amide bonds. The Hall–Kier alpha value is -0.900. The predicted octanol–water partition coefficient (Wildman–Crippen LogP) is 4.22. The number of rotatable bonds is 10. The van der Waals surface area contributed by atoms with E-state index in [1.807, 2.05) is 0 Å². The van der Waals surface area contributed by atoms with Gasteiger partial charge in [-0.15, -0.1) is 24.0 Å². The molecule has 182 valence electrons. The molecule has 0 saturated carbocycles. The summed E-state index contributed by atoms with van der Waals surface area (Å²) in [6, 6.07) is 11.8. The molecule has 1 atom stereocenters. The summed E-state index contributed by atoms with van der Waals surface area (Å²) in [4.78, 5) is 7.37. The standard InChI is InChI=1S/C25H42N4O2.HI/c1-3-26-25(27-14-7-17-31-20-22-12-18-30-19-13-22)28-24-10-15-29(16-11-24)21(2)23-8-5-4-6-9-23;/h4-6,8-9,21-22,24H,3,7,10-20H2,1-2H3,(H2,26,27,28);1H. The van der Waals surface area contributed by atoms with Gasteiger partial charge in [0.15, 0.2) is 5.96 Å². The summed E-state index contributed by atoms with van der Waals surface area (Å²) in [5.74, 6) is 1.62. The van der Waals surface area contributed by atoms with Crippen molar-refractivity contribution < 1.29 is 9.47 Å². The highest BCUT2D eigenvalue weighted by Gasteiger charge is 2.24. The number of likely N-dealkylation sites (tertiary alicyclic amines) is 1. The highest BCUT2D eigenvalue weighted by molar-refractivity contribution is 14.0. The zero-order valence-electron chi connectivity index (χ0n) is 19.9. The van der Waals surface area contributed by atoms with Gasteiger partial charge in [-0.3, -0.25) is 9.89 Å². The Morgan fingerprint density at radius 3 is 2.56 bits per heavy atom. The van der Waals surface area contributed by atoms with E-state index in [0.29, 0.717) is 18.0 Å². The van der Waals surface area contributed by atoms with E-state index >= 15 is 0 Å². The van der Waals surface area contributed by atoms with E-state index in [-0.39, 0.29) is 24.0 Å². The quantitative estimate of drug-likeness (QED) is 0.195. The van der Waals surface area contributed by atoms with Gasteiger partial charge in [0.05, 0.1) is 0 Å². The second-order valence-electron chi connectivity index (χ2n) is 8.79. The van der Waals surface area contributed by atoms with Gasteiger partial charge in [-0.2, -0.15) is 0 Å². The van der Waals surface area contributed by atoms with Crippen molar-refractivity contribution in [3.63, 3.8) is 0 Å². The number of halogens is 1. The van der Waals surface area contributed by atoms with Crippen LogP contribution in [0.5, 0.6) is 0 Å². The van der Waals surface area contributed by atoms with E-state index < -0.39 is 0 Å². The monoisotopic (exact) mass is 558 g/mol. The second-order valence-corrected chi connectivity index (χ2v) is 8.79. The lowest BCUT2D eigenvalue weighted by Gasteiger charge is -2.37. The number of nitrogens with zero attached hydrogens (tertiary/aromatic N) is 2. The molecule has 1 aromatic carbocycles. The minimum Gasteiger partial charge on any atom is -0.381 e. The van der Waals surface area contributed by atoms with Crippen LogP contribution < -0.4 is 10.6 Å². The summed E-state index contributed by atoms with van der Waals surface area (Å²) in [7, 11) is 0. The van der Waals surface area contributed by atoms with E-state index in [9.17, 15) is 0 Å². The predicted molar refractivity (Wildman–Crippen MR) is 143 cm³/mol. The Morgan fingerprint density at radius 2 is 1.88 bits per heavy atom. The summed E-state index contributed by atoms with van der Waals surface area (Å²) in [6.07, 6.45) is 5.53. The number of piperidine rings is 1. The average molecular weight is 559 g/mol. The number of nitrogens with one attached hydrogen (secondary N) is 2. The summed E-state index contributed by atoms with van der Waals surface area (Å²) in [5.41, 5.74) is 1.41. The van der Waals surface area contributed by atoms with Gasteiger partial charge >= 0.3 is 0 Å². The van der Waals surface area contributed by atoms with Gasteiger partial charge in [-0.05, 0) is 57.4 Å². The molecule has 1 aromatic rings. The molecule has 0 radical (unpaired) electrons. The molecule has 2 fully saturated rings.